The molecule has 0 aliphatic carbocycles. The van der Waals surface area contributed by atoms with E-state index in [0.29, 0.717) is 5.96 Å². The quantitative estimate of drug-likeness (QED) is 0.438. The van der Waals surface area contributed by atoms with Gasteiger partial charge < -0.3 is 15.8 Å². The van der Waals surface area contributed by atoms with Crippen LogP contribution in [0.25, 0.3) is 0 Å². The molecule has 1 aromatic carbocycles. The van der Waals surface area contributed by atoms with Gasteiger partial charge in [-0.25, -0.2) is 0 Å². The minimum Gasteiger partial charge on any atom is -0.381 e. The molecule has 2 heterocycles. The molecule has 2 aliphatic rings. The van der Waals surface area contributed by atoms with Crippen molar-refractivity contribution in [1.29, 1.82) is 0 Å². The average Bonchev–Trinajstić information content (AvgIpc) is 3.10. The topological polar surface area (TPSA) is 62.9 Å². The molecular formula is C17H27IN4O. The second kappa shape index (κ2) is 8.84. The zero-order valence-electron chi connectivity index (χ0n) is 13.5. The second-order valence-electron chi connectivity index (χ2n) is 6.22. The fourth-order valence-corrected chi connectivity index (χ4v) is 3.46. The zero-order valence-corrected chi connectivity index (χ0v) is 15.9. The summed E-state index contributed by atoms with van der Waals surface area (Å²) in [5, 5.41) is 3.17. The van der Waals surface area contributed by atoms with Crippen molar-refractivity contribution >= 4 is 35.6 Å². The maximum absolute atomic E-state index is 6.07. The molecule has 0 radical (unpaired) electrons. The van der Waals surface area contributed by atoms with Crippen molar-refractivity contribution < 1.29 is 4.74 Å². The fourth-order valence-electron chi connectivity index (χ4n) is 3.46. The van der Waals surface area contributed by atoms with Crippen LogP contribution in [0, 0.1) is 0 Å². The predicted molar refractivity (Wildman–Crippen MR) is 106 cm³/mol. The van der Waals surface area contributed by atoms with Gasteiger partial charge in [-0.2, -0.15) is 0 Å². The lowest BCUT2D eigenvalue weighted by Gasteiger charge is -2.43. The number of likely N-dealkylation sites (tertiary alicyclic amines) is 1. The Hall–Kier alpha value is -0.860. The van der Waals surface area contributed by atoms with Crippen LogP contribution in [0.15, 0.2) is 35.3 Å². The number of rotatable bonds is 4. The lowest BCUT2D eigenvalue weighted by Crippen LogP contribution is -2.53. The summed E-state index contributed by atoms with van der Waals surface area (Å²) in [7, 11) is 0. The first-order valence-electron chi connectivity index (χ1n) is 8.23. The van der Waals surface area contributed by atoms with Crippen molar-refractivity contribution in [2.24, 2.45) is 10.7 Å². The van der Waals surface area contributed by atoms with Crippen molar-refractivity contribution in [3.05, 3.63) is 30.3 Å². The van der Waals surface area contributed by atoms with Crippen molar-refractivity contribution in [2.45, 2.75) is 31.2 Å². The summed E-state index contributed by atoms with van der Waals surface area (Å²) in [6.07, 6.45) is 4.69. The minimum absolute atomic E-state index is 0. The molecular weight excluding hydrogens is 403 g/mol. The standard InChI is InChI=1S/C17H26N4O.HI/c18-16(20-15-6-2-1-3-7-15)19-14-17(8-12-22-13-9-17)21-10-4-5-11-21;/h1-3,6-7H,4-5,8-14H2,(H3,18,19,20);1H. The van der Waals surface area contributed by atoms with Crippen molar-refractivity contribution in [3.8, 4) is 0 Å². The highest BCUT2D eigenvalue weighted by molar-refractivity contribution is 14.0. The van der Waals surface area contributed by atoms with Gasteiger partial charge in [-0.3, -0.25) is 9.89 Å². The Balaban J connectivity index is 0.00000192. The van der Waals surface area contributed by atoms with Crippen LogP contribution >= 0.6 is 24.0 Å². The highest BCUT2D eigenvalue weighted by atomic mass is 127. The molecule has 0 spiro atoms. The van der Waals surface area contributed by atoms with Crippen LogP contribution < -0.4 is 11.1 Å². The highest BCUT2D eigenvalue weighted by Gasteiger charge is 2.39. The van der Waals surface area contributed by atoms with E-state index in [-0.39, 0.29) is 29.5 Å². The summed E-state index contributed by atoms with van der Waals surface area (Å²) in [6, 6.07) is 9.95. The molecule has 2 aliphatic heterocycles. The van der Waals surface area contributed by atoms with Crippen molar-refractivity contribution in [1.82, 2.24) is 4.90 Å². The summed E-state index contributed by atoms with van der Waals surface area (Å²) >= 11 is 0. The van der Waals surface area contributed by atoms with Gasteiger partial charge in [-0.1, -0.05) is 18.2 Å². The van der Waals surface area contributed by atoms with Crippen LogP contribution in [0.5, 0.6) is 0 Å². The molecule has 128 valence electrons. The molecule has 0 amide bonds. The van der Waals surface area contributed by atoms with E-state index < -0.39 is 0 Å². The third-order valence-electron chi connectivity index (χ3n) is 4.79. The van der Waals surface area contributed by atoms with Gasteiger partial charge in [0.25, 0.3) is 0 Å². The van der Waals surface area contributed by atoms with E-state index in [1.807, 2.05) is 30.3 Å². The van der Waals surface area contributed by atoms with Crippen LogP contribution in [-0.4, -0.2) is 49.2 Å². The monoisotopic (exact) mass is 430 g/mol. The Morgan fingerprint density at radius 1 is 1.17 bits per heavy atom. The molecule has 0 saturated carbocycles. The summed E-state index contributed by atoms with van der Waals surface area (Å²) in [6.45, 7) is 4.78. The Labute approximate surface area is 155 Å². The number of nitrogens with two attached hydrogens (primary N) is 1. The van der Waals surface area contributed by atoms with E-state index in [9.17, 15) is 0 Å². The number of anilines is 1. The third-order valence-corrected chi connectivity index (χ3v) is 4.79. The van der Waals surface area contributed by atoms with Crippen LogP contribution in [-0.2, 0) is 4.74 Å². The Morgan fingerprint density at radius 3 is 2.48 bits per heavy atom. The number of guanidine groups is 1. The molecule has 0 aromatic heterocycles. The second-order valence-corrected chi connectivity index (χ2v) is 6.22. The molecule has 0 bridgehead atoms. The van der Waals surface area contributed by atoms with Gasteiger partial charge >= 0.3 is 0 Å². The number of ether oxygens (including phenoxy) is 1. The lowest BCUT2D eigenvalue weighted by atomic mass is 9.88. The molecule has 6 heteroatoms. The van der Waals surface area contributed by atoms with Gasteiger partial charge in [0.2, 0.25) is 0 Å². The first kappa shape index (κ1) is 18.5. The number of aliphatic imine (C=N–C) groups is 1. The number of para-hydroxylation sites is 1. The van der Waals surface area contributed by atoms with Crippen LogP contribution in [0.3, 0.4) is 0 Å². The van der Waals surface area contributed by atoms with Crippen molar-refractivity contribution in [2.75, 3.05) is 38.2 Å². The van der Waals surface area contributed by atoms with Gasteiger partial charge in [-0.15, -0.1) is 24.0 Å². The van der Waals surface area contributed by atoms with Gasteiger partial charge in [0.05, 0.1) is 6.54 Å². The maximum atomic E-state index is 6.07. The fraction of sp³-hybridized carbons (Fsp3) is 0.588. The molecule has 3 N–H and O–H groups in total. The maximum Gasteiger partial charge on any atom is 0.193 e. The minimum atomic E-state index is 0. The molecule has 3 rings (SSSR count). The molecule has 2 fully saturated rings. The van der Waals surface area contributed by atoms with Crippen LogP contribution in [0.2, 0.25) is 0 Å². The molecule has 2 saturated heterocycles. The number of nitrogens with zero attached hydrogens (tertiary/aromatic N) is 2. The molecule has 0 unspecified atom stereocenters. The normalized spacial score (nSPS) is 21.7. The summed E-state index contributed by atoms with van der Waals surface area (Å²) < 4.78 is 5.56. The smallest absolute Gasteiger partial charge is 0.193 e. The van der Waals surface area contributed by atoms with E-state index in [4.69, 9.17) is 10.5 Å². The number of benzene rings is 1. The van der Waals surface area contributed by atoms with E-state index in [2.05, 4.69) is 15.2 Å². The Bertz CT molecular complexity index is 497. The van der Waals surface area contributed by atoms with E-state index in [0.717, 1.165) is 38.3 Å². The summed E-state index contributed by atoms with van der Waals surface area (Å²) in [5.41, 5.74) is 7.18. The molecule has 0 atom stereocenters. The van der Waals surface area contributed by atoms with E-state index in [1.165, 1.54) is 25.9 Å². The van der Waals surface area contributed by atoms with Crippen molar-refractivity contribution in [3.63, 3.8) is 0 Å². The average molecular weight is 430 g/mol. The first-order chi connectivity index (χ1) is 10.8. The Kier molecular flexibility index (Phi) is 7.10. The number of hydrogen-bond donors (Lipinski definition) is 2. The number of hydrogen-bond acceptors (Lipinski definition) is 3. The Morgan fingerprint density at radius 2 is 1.83 bits per heavy atom. The van der Waals surface area contributed by atoms with Crippen LogP contribution in [0.4, 0.5) is 5.69 Å². The predicted octanol–water partition coefficient (Wildman–Crippen LogP) is 2.68. The van der Waals surface area contributed by atoms with Gasteiger partial charge in [0.15, 0.2) is 5.96 Å². The molecule has 23 heavy (non-hydrogen) atoms. The molecule has 5 nitrogen and oxygen atoms in total. The largest absolute Gasteiger partial charge is 0.381 e. The van der Waals surface area contributed by atoms with Gasteiger partial charge in [-0.05, 0) is 50.9 Å². The molecule has 1 aromatic rings. The van der Waals surface area contributed by atoms with Gasteiger partial charge in [0.1, 0.15) is 0 Å². The third kappa shape index (κ3) is 4.81. The number of halogens is 1. The number of nitrogens with one attached hydrogen (secondary N) is 1. The van der Waals surface area contributed by atoms with E-state index in [1.54, 1.807) is 0 Å². The zero-order chi connectivity index (χ0) is 15.3. The first-order valence-corrected chi connectivity index (χ1v) is 8.23. The van der Waals surface area contributed by atoms with Crippen LogP contribution in [0.1, 0.15) is 25.7 Å². The van der Waals surface area contributed by atoms with E-state index >= 15 is 0 Å². The highest BCUT2D eigenvalue weighted by Crippen LogP contribution is 2.31. The summed E-state index contributed by atoms with van der Waals surface area (Å²) in [5.74, 6) is 0.497. The van der Waals surface area contributed by atoms with Gasteiger partial charge in [0, 0.05) is 24.4 Å². The summed E-state index contributed by atoms with van der Waals surface area (Å²) in [4.78, 5) is 7.25. The lowest BCUT2D eigenvalue weighted by molar-refractivity contribution is -0.0138. The SMILES string of the molecule is I.NC(=NCC1(N2CCCC2)CCOCC1)Nc1ccccc1.